The second kappa shape index (κ2) is 9.44. The molecular weight excluding hydrogens is 176 g/mol. The molecule has 1 unspecified atom stereocenters. The second-order valence-electron chi connectivity index (χ2n) is 3.69. The Kier molecular flexibility index (Phi) is 9.35. The molecule has 0 aromatic carbocycles. The zero-order chi connectivity index (χ0) is 10.8. The summed E-state index contributed by atoms with van der Waals surface area (Å²) in [5.41, 5.74) is 0. The predicted octanol–water partition coefficient (Wildman–Crippen LogP) is 1.34. The third-order valence-corrected chi connectivity index (χ3v) is 2.44. The van der Waals surface area contributed by atoms with Crippen LogP contribution in [0, 0.1) is 0 Å². The summed E-state index contributed by atoms with van der Waals surface area (Å²) >= 11 is 0. The minimum absolute atomic E-state index is 0.576. The van der Waals surface area contributed by atoms with Gasteiger partial charge in [-0.15, -0.1) is 0 Å². The van der Waals surface area contributed by atoms with Crippen LogP contribution in [0.2, 0.25) is 0 Å². The topological polar surface area (TPSA) is 24.5 Å². The fourth-order valence-electron chi connectivity index (χ4n) is 1.50. The molecule has 0 spiro atoms. The molecule has 0 saturated heterocycles. The Bertz CT molecular complexity index is 116. The molecule has 0 heterocycles. The Morgan fingerprint density at radius 3 is 2.43 bits per heavy atom. The quantitative estimate of drug-likeness (QED) is 0.571. The lowest BCUT2D eigenvalue weighted by Gasteiger charge is -2.23. The van der Waals surface area contributed by atoms with Gasteiger partial charge in [0, 0.05) is 26.3 Å². The van der Waals surface area contributed by atoms with Gasteiger partial charge in [0.1, 0.15) is 0 Å². The number of ether oxygens (including phenoxy) is 1. The van der Waals surface area contributed by atoms with Crippen molar-refractivity contribution in [1.29, 1.82) is 0 Å². The molecule has 1 atom stereocenters. The molecule has 0 rings (SSSR count). The standard InChI is InChI=1S/C11H26N2O/c1-5-13(6-2)10-11(3)12-8-7-9-14-4/h11-12H,5-10H2,1-4H3. The number of nitrogens with zero attached hydrogens (tertiary/aromatic N) is 1. The molecule has 0 aliphatic rings. The van der Waals surface area contributed by atoms with Gasteiger partial charge in [-0.1, -0.05) is 13.8 Å². The molecule has 86 valence electrons. The maximum Gasteiger partial charge on any atom is 0.0474 e. The molecule has 0 aromatic heterocycles. The first kappa shape index (κ1) is 13.9. The van der Waals surface area contributed by atoms with E-state index in [1.165, 1.54) is 0 Å². The van der Waals surface area contributed by atoms with Crippen molar-refractivity contribution < 1.29 is 4.74 Å². The summed E-state index contributed by atoms with van der Waals surface area (Å²) in [7, 11) is 1.75. The van der Waals surface area contributed by atoms with Crippen molar-refractivity contribution in [1.82, 2.24) is 10.2 Å². The second-order valence-corrected chi connectivity index (χ2v) is 3.69. The van der Waals surface area contributed by atoms with Crippen LogP contribution in [0.15, 0.2) is 0 Å². The number of nitrogens with one attached hydrogen (secondary N) is 1. The third kappa shape index (κ3) is 7.30. The Morgan fingerprint density at radius 2 is 1.93 bits per heavy atom. The van der Waals surface area contributed by atoms with Crippen molar-refractivity contribution in [3.63, 3.8) is 0 Å². The molecule has 0 aromatic rings. The summed E-state index contributed by atoms with van der Waals surface area (Å²) in [5, 5.41) is 3.49. The van der Waals surface area contributed by atoms with E-state index in [1.807, 2.05) is 0 Å². The number of rotatable bonds is 9. The molecule has 1 N–H and O–H groups in total. The van der Waals surface area contributed by atoms with Crippen molar-refractivity contribution >= 4 is 0 Å². The predicted molar refractivity (Wildman–Crippen MR) is 61.7 cm³/mol. The maximum absolute atomic E-state index is 5.00. The Labute approximate surface area is 88.8 Å². The van der Waals surface area contributed by atoms with Crippen molar-refractivity contribution in [2.75, 3.05) is 39.9 Å². The van der Waals surface area contributed by atoms with Gasteiger partial charge < -0.3 is 15.0 Å². The monoisotopic (exact) mass is 202 g/mol. The van der Waals surface area contributed by atoms with Crippen molar-refractivity contribution in [2.45, 2.75) is 33.2 Å². The van der Waals surface area contributed by atoms with Crippen LogP contribution < -0.4 is 5.32 Å². The third-order valence-electron chi connectivity index (χ3n) is 2.44. The summed E-state index contributed by atoms with van der Waals surface area (Å²) < 4.78 is 5.00. The van der Waals surface area contributed by atoms with E-state index in [-0.39, 0.29) is 0 Å². The molecule has 0 aliphatic heterocycles. The van der Waals surface area contributed by atoms with E-state index in [0.29, 0.717) is 6.04 Å². The smallest absolute Gasteiger partial charge is 0.0474 e. The van der Waals surface area contributed by atoms with Gasteiger partial charge in [0.15, 0.2) is 0 Å². The zero-order valence-corrected chi connectivity index (χ0v) is 10.2. The number of hydrogen-bond acceptors (Lipinski definition) is 3. The Balaban J connectivity index is 3.38. The van der Waals surface area contributed by atoms with Crippen LogP contribution in [0.25, 0.3) is 0 Å². The molecule has 0 radical (unpaired) electrons. The van der Waals surface area contributed by atoms with Crippen LogP contribution in [0.3, 0.4) is 0 Å². The van der Waals surface area contributed by atoms with E-state index in [0.717, 1.165) is 39.2 Å². The van der Waals surface area contributed by atoms with Gasteiger partial charge in [-0.2, -0.15) is 0 Å². The summed E-state index contributed by atoms with van der Waals surface area (Å²) in [4.78, 5) is 2.44. The lowest BCUT2D eigenvalue weighted by molar-refractivity contribution is 0.191. The van der Waals surface area contributed by atoms with Gasteiger partial charge in [0.2, 0.25) is 0 Å². The van der Waals surface area contributed by atoms with Gasteiger partial charge in [-0.05, 0) is 33.0 Å². The normalized spacial score (nSPS) is 13.5. The van der Waals surface area contributed by atoms with Crippen LogP contribution in [0.4, 0.5) is 0 Å². The highest BCUT2D eigenvalue weighted by molar-refractivity contribution is 4.65. The summed E-state index contributed by atoms with van der Waals surface area (Å²) in [5.74, 6) is 0. The summed E-state index contributed by atoms with van der Waals surface area (Å²) in [6.45, 7) is 12.0. The lowest BCUT2D eigenvalue weighted by Crippen LogP contribution is -2.39. The SMILES string of the molecule is CCN(CC)CC(C)NCCCOC. The van der Waals surface area contributed by atoms with Crippen LogP contribution >= 0.6 is 0 Å². The molecule has 3 heteroatoms. The fraction of sp³-hybridized carbons (Fsp3) is 1.00. The Hall–Kier alpha value is -0.120. The average molecular weight is 202 g/mol. The first-order chi connectivity index (χ1) is 6.74. The summed E-state index contributed by atoms with van der Waals surface area (Å²) in [6.07, 6.45) is 1.10. The molecule has 0 bridgehead atoms. The molecule has 14 heavy (non-hydrogen) atoms. The Morgan fingerprint density at radius 1 is 1.29 bits per heavy atom. The average Bonchev–Trinajstić information content (AvgIpc) is 2.21. The van der Waals surface area contributed by atoms with Gasteiger partial charge in [0.25, 0.3) is 0 Å². The lowest BCUT2D eigenvalue weighted by atomic mass is 10.3. The molecular formula is C11H26N2O. The van der Waals surface area contributed by atoms with Crippen molar-refractivity contribution in [3.8, 4) is 0 Å². The maximum atomic E-state index is 5.00. The van der Waals surface area contributed by atoms with E-state index in [4.69, 9.17) is 4.74 Å². The van der Waals surface area contributed by atoms with Crippen LogP contribution in [0.5, 0.6) is 0 Å². The number of methoxy groups -OCH3 is 1. The van der Waals surface area contributed by atoms with E-state index in [2.05, 4.69) is 31.0 Å². The van der Waals surface area contributed by atoms with Gasteiger partial charge in [-0.3, -0.25) is 0 Å². The van der Waals surface area contributed by atoms with E-state index in [9.17, 15) is 0 Å². The first-order valence-corrected chi connectivity index (χ1v) is 5.69. The largest absolute Gasteiger partial charge is 0.385 e. The molecule has 0 saturated carbocycles. The van der Waals surface area contributed by atoms with Gasteiger partial charge >= 0.3 is 0 Å². The van der Waals surface area contributed by atoms with E-state index >= 15 is 0 Å². The van der Waals surface area contributed by atoms with Gasteiger partial charge in [0.05, 0.1) is 0 Å². The van der Waals surface area contributed by atoms with Crippen molar-refractivity contribution in [2.24, 2.45) is 0 Å². The number of likely N-dealkylation sites (N-methyl/N-ethyl adjacent to an activating group) is 1. The molecule has 0 amide bonds. The minimum Gasteiger partial charge on any atom is -0.385 e. The van der Waals surface area contributed by atoms with E-state index < -0.39 is 0 Å². The molecule has 0 aliphatic carbocycles. The van der Waals surface area contributed by atoms with Crippen LogP contribution in [-0.4, -0.2) is 50.8 Å². The highest BCUT2D eigenvalue weighted by Crippen LogP contribution is 1.91. The minimum atomic E-state index is 0.576. The zero-order valence-electron chi connectivity index (χ0n) is 10.2. The summed E-state index contributed by atoms with van der Waals surface area (Å²) in [6, 6.07) is 0.576. The van der Waals surface area contributed by atoms with Crippen LogP contribution in [-0.2, 0) is 4.74 Å². The molecule has 3 nitrogen and oxygen atoms in total. The van der Waals surface area contributed by atoms with E-state index in [1.54, 1.807) is 7.11 Å². The highest BCUT2D eigenvalue weighted by Gasteiger charge is 2.05. The molecule has 0 fully saturated rings. The first-order valence-electron chi connectivity index (χ1n) is 5.69. The highest BCUT2D eigenvalue weighted by atomic mass is 16.5. The van der Waals surface area contributed by atoms with Gasteiger partial charge in [-0.25, -0.2) is 0 Å². The number of hydrogen-bond donors (Lipinski definition) is 1. The van der Waals surface area contributed by atoms with Crippen LogP contribution in [0.1, 0.15) is 27.2 Å². The van der Waals surface area contributed by atoms with Crippen molar-refractivity contribution in [3.05, 3.63) is 0 Å². The fourth-order valence-corrected chi connectivity index (χ4v) is 1.50.